The number of benzene rings is 1. The van der Waals surface area contributed by atoms with E-state index in [0.29, 0.717) is 12.4 Å². The van der Waals surface area contributed by atoms with Crippen LogP contribution in [0.1, 0.15) is 51.9 Å². The zero-order chi connectivity index (χ0) is 19.5. The minimum absolute atomic E-state index is 0.00867. The van der Waals surface area contributed by atoms with Gasteiger partial charge in [0.25, 0.3) is 5.91 Å². The molecule has 1 saturated heterocycles. The number of amides is 1. The van der Waals surface area contributed by atoms with Crippen LogP contribution in [0, 0.1) is 6.92 Å². The molecular formula is C23H26N4O. The number of imidazole rings is 1. The van der Waals surface area contributed by atoms with E-state index in [0.717, 1.165) is 37.2 Å². The van der Waals surface area contributed by atoms with Crippen molar-refractivity contribution in [1.29, 1.82) is 0 Å². The lowest BCUT2D eigenvalue weighted by atomic mass is 9.92. The van der Waals surface area contributed by atoms with Gasteiger partial charge >= 0.3 is 0 Å². The molecular weight excluding hydrogens is 348 g/mol. The van der Waals surface area contributed by atoms with Gasteiger partial charge in [-0.1, -0.05) is 30.3 Å². The number of aryl methyl sites for hydroxylation is 2. The molecule has 3 heterocycles. The number of carbonyl (C=O) groups excluding carboxylic acids is 1. The molecule has 4 rings (SSSR count). The van der Waals surface area contributed by atoms with E-state index in [2.05, 4.69) is 48.3 Å². The highest BCUT2D eigenvalue weighted by atomic mass is 16.2. The number of rotatable bonds is 4. The van der Waals surface area contributed by atoms with E-state index in [4.69, 9.17) is 4.98 Å². The monoisotopic (exact) mass is 374 g/mol. The van der Waals surface area contributed by atoms with Crippen molar-refractivity contribution < 1.29 is 4.79 Å². The summed E-state index contributed by atoms with van der Waals surface area (Å²) in [5.74, 6) is 0.782. The number of carbonyl (C=O) groups is 1. The average molecular weight is 374 g/mol. The predicted octanol–water partition coefficient (Wildman–Crippen LogP) is 3.73. The van der Waals surface area contributed by atoms with Crippen LogP contribution in [0.25, 0.3) is 0 Å². The second-order valence-electron chi connectivity index (χ2n) is 7.66. The number of nitrogens with zero attached hydrogens (tertiary/aromatic N) is 4. The SMILES string of the molecule is Cc1cc(Cc2ccccc2)cc([C@@H]2CCCN(C(=O)c3nccn3C)C2)n1. The van der Waals surface area contributed by atoms with E-state index in [1.54, 1.807) is 10.8 Å². The van der Waals surface area contributed by atoms with Gasteiger partial charge in [0.1, 0.15) is 0 Å². The Hall–Kier alpha value is -2.95. The van der Waals surface area contributed by atoms with Gasteiger partial charge in [-0.05, 0) is 49.4 Å². The molecule has 1 aliphatic rings. The Labute approximate surface area is 166 Å². The number of hydrogen-bond donors (Lipinski definition) is 0. The Morgan fingerprint density at radius 3 is 2.75 bits per heavy atom. The van der Waals surface area contributed by atoms with Crippen LogP contribution in [-0.2, 0) is 13.5 Å². The van der Waals surface area contributed by atoms with Gasteiger partial charge in [-0.3, -0.25) is 9.78 Å². The van der Waals surface area contributed by atoms with Crippen molar-refractivity contribution in [2.75, 3.05) is 13.1 Å². The minimum Gasteiger partial charge on any atom is -0.335 e. The molecule has 1 aromatic carbocycles. The molecule has 2 aromatic heterocycles. The fourth-order valence-electron chi connectivity index (χ4n) is 4.03. The van der Waals surface area contributed by atoms with E-state index in [1.165, 1.54) is 11.1 Å². The molecule has 1 fully saturated rings. The molecule has 0 N–H and O–H groups in total. The molecule has 1 amide bonds. The topological polar surface area (TPSA) is 51.0 Å². The number of piperidine rings is 1. The Bertz CT molecular complexity index is 964. The third-order valence-electron chi connectivity index (χ3n) is 5.42. The molecule has 0 spiro atoms. The Morgan fingerprint density at radius 2 is 2.00 bits per heavy atom. The lowest BCUT2D eigenvalue weighted by Gasteiger charge is -2.32. The molecule has 0 aliphatic carbocycles. The van der Waals surface area contributed by atoms with E-state index in [1.807, 2.05) is 24.2 Å². The maximum Gasteiger partial charge on any atom is 0.289 e. The van der Waals surface area contributed by atoms with Gasteiger partial charge in [-0.15, -0.1) is 0 Å². The van der Waals surface area contributed by atoms with Crippen molar-refractivity contribution in [3.63, 3.8) is 0 Å². The molecule has 1 atom stereocenters. The highest BCUT2D eigenvalue weighted by Gasteiger charge is 2.28. The Morgan fingerprint density at radius 1 is 1.18 bits per heavy atom. The van der Waals surface area contributed by atoms with E-state index in [-0.39, 0.29) is 11.8 Å². The third-order valence-corrected chi connectivity index (χ3v) is 5.42. The Balaban J connectivity index is 1.53. The summed E-state index contributed by atoms with van der Waals surface area (Å²) in [6, 6.07) is 14.9. The highest BCUT2D eigenvalue weighted by molar-refractivity contribution is 5.90. The lowest BCUT2D eigenvalue weighted by molar-refractivity contribution is 0.0690. The summed E-state index contributed by atoms with van der Waals surface area (Å²) >= 11 is 0. The lowest BCUT2D eigenvalue weighted by Crippen LogP contribution is -2.40. The summed E-state index contributed by atoms with van der Waals surface area (Å²) in [6.07, 6.45) is 6.44. The second-order valence-corrected chi connectivity index (χ2v) is 7.66. The fraction of sp³-hybridized carbons (Fsp3) is 0.348. The van der Waals surface area contributed by atoms with Crippen molar-refractivity contribution in [2.45, 2.75) is 32.1 Å². The Kier molecular flexibility index (Phi) is 5.24. The van der Waals surface area contributed by atoms with Gasteiger partial charge in [0.05, 0.1) is 0 Å². The van der Waals surface area contributed by atoms with Gasteiger partial charge < -0.3 is 9.47 Å². The summed E-state index contributed by atoms with van der Waals surface area (Å²) in [6.45, 7) is 3.54. The van der Waals surface area contributed by atoms with Crippen molar-refractivity contribution in [3.8, 4) is 0 Å². The zero-order valence-corrected chi connectivity index (χ0v) is 16.5. The summed E-state index contributed by atoms with van der Waals surface area (Å²) in [4.78, 5) is 23.8. The maximum absolute atomic E-state index is 12.9. The summed E-state index contributed by atoms with van der Waals surface area (Å²) in [5.41, 5.74) is 4.72. The first kappa shape index (κ1) is 18.4. The quantitative estimate of drug-likeness (QED) is 0.699. The first-order valence-electron chi connectivity index (χ1n) is 9.88. The summed E-state index contributed by atoms with van der Waals surface area (Å²) in [7, 11) is 1.86. The molecule has 5 nitrogen and oxygen atoms in total. The number of likely N-dealkylation sites (tertiary alicyclic amines) is 1. The van der Waals surface area contributed by atoms with Crippen LogP contribution in [-0.4, -0.2) is 38.4 Å². The van der Waals surface area contributed by atoms with Crippen molar-refractivity contribution in [3.05, 3.63) is 83.2 Å². The molecule has 5 heteroatoms. The van der Waals surface area contributed by atoms with Crippen molar-refractivity contribution in [2.24, 2.45) is 7.05 Å². The fourth-order valence-corrected chi connectivity index (χ4v) is 4.03. The molecule has 0 saturated carbocycles. The smallest absolute Gasteiger partial charge is 0.289 e. The van der Waals surface area contributed by atoms with Gasteiger partial charge in [0.15, 0.2) is 5.82 Å². The van der Waals surface area contributed by atoms with Gasteiger partial charge in [-0.25, -0.2) is 4.98 Å². The first-order chi connectivity index (χ1) is 13.6. The third kappa shape index (κ3) is 3.98. The van der Waals surface area contributed by atoms with Gasteiger partial charge in [0, 0.05) is 49.8 Å². The van der Waals surface area contributed by atoms with Crippen LogP contribution in [0.5, 0.6) is 0 Å². The summed E-state index contributed by atoms with van der Waals surface area (Å²) in [5, 5.41) is 0. The molecule has 0 radical (unpaired) electrons. The van der Waals surface area contributed by atoms with Crippen LogP contribution >= 0.6 is 0 Å². The zero-order valence-electron chi connectivity index (χ0n) is 16.5. The molecule has 144 valence electrons. The average Bonchev–Trinajstić information content (AvgIpc) is 3.14. The first-order valence-corrected chi connectivity index (χ1v) is 9.88. The van der Waals surface area contributed by atoms with Crippen LogP contribution in [0.3, 0.4) is 0 Å². The summed E-state index contributed by atoms with van der Waals surface area (Å²) < 4.78 is 1.79. The number of hydrogen-bond acceptors (Lipinski definition) is 3. The van der Waals surface area contributed by atoms with E-state index < -0.39 is 0 Å². The predicted molar refractivity (Wildman–Crippen MR) is 109 cm³/mol. The highest BCUT2D eigenvalue weighted by Crippen LogP contribution is 2.28. The van der Waals surface area contributed by atoms with Crippen LogP contribution in [0.15, 0.2) is 54.9 Å². The van der Waals surface area contributed by atoms with Crippen LogP contribution in [0.2, 0.25) is 0 Å². The van der Waals surface area contributed by atoms with E-state index in [9.17, 15) is 4.79 Å². The molecule has 28 heavy (non-hydrogen) atoms. The second kappa shape index (κ2) is 7.97. The van der Waals surface area contributed by atoms with Crippen molar-refractivity contribution in [1.82, 2.24) is 19.4 Å². The van der Waals surface area contributed by atoms with Gasteiger partial charge in [-0.2, -0.15) is 0 Å². The molecule has 0 unspecified atom stereocenters. The van der Waals surface area contributed by atoms with Crippen LogP contribution in [0.4, 0.5) is 0 Å². The largest absolute Gasteiger partial charge is 0.335 e. The minimum atomic E-state index is 0.00867. The van der Waals surface area contributed by atoms with Crippen LogP contribution < -0.4 is 0 Å². The molecule has 0 bridgehead atoms. The van der Waals surface area contributed by atoms with E-state index >= 15 is 0 Å². The normalized spacial score (nSPS) is 16.9. The number of pyridine rings is 1. The number of aromatic nitrogens is 3. The molecule has 1 aliphatic heterocycles. The van der Waals surface area contributed by atoms with Crippen molar-refractivity contribution >= 4 is 5.91 Å². The maximum atomic E-state index is 12.9. The molecule has 3 aromatic rings. The standard InChI is InChI=1S/C23H26N4O/c1-17-13-19(14-18-7-4-3-5-8-18)15-21(25-17)20-9-6-11-27(16-20)23(28)22-24-10-12-26(22)2/h3-5,7-8,10,12-13,15,20H,6,9,11,14,16H2,1-2H3/t20-/m1/s1. The van der Waals surface area contributed by atoms with Gasteiger partial charge in [0.2, 0.25) is 0 Å².